The van der Waals surface area contributed by atoms with E-state index in [9.17, 15) is 10.5 Å². The lowest BCUT2D eigenvalue weighted by Crippen LogP contribution is -2.44. The van der Waals surface area contributed by atoms with Crippen molar-refractivity contribution < 1.29 is 0 Å². The molecule has 4 aromatic rings. The van der Waals surface area contributed by atoms with E-state index in [4.69, 9.17) is 40.2 Å². The quantitative estimate of drug-likeness (QED) is 0.160. The van der Waals surface area contributed by atoms with Crippen molar-refractivity contribution >= 4 is 51.9 Å². The Hall–Kier alpha value is -4.46. The van der Waals surface area contributed by atoms with Crippen LogP contribution in [0.25, 0.3) is 16.7 Å². The third kappa shape index (κ3) is 5.42. The van der Waals surface area contributed by atoms with Gasteiger partial charge in [-0.3, -0.25) is 20.3 Å². The maximum atomic E-state index is 11.1. The summed E-state index contributed by atoms with van der Waals surface area (Å²) in [5.41, 5.74) is 3.35. The van der Waals surface area contributed by atoms with Gasteiger partial charge in [-0.15, -0.1) is 0 Å². The van der Waals surface area contributed by atoms with E-state index in [1.807, 2.05) is 90.6 Å². The molecule has 1 N–H and O–H groups in total. The number of nitrogens with one attached hydrogen (secondary N) is 1. The number of allylic oxidation sites excluding steroid dienone is 2. The lowest BCUT2D eigenvalue weighted by atomic mass is 9.88. The zero-order chi connectivity index (χ0) is 30.7. The number of nitrogens with zero attached hydrogens (tertiary/aromatic N) is 6. The number of fused-ring (bicyclic) bond motifs is 1. The first-order chi connectivity index (χ1) is 20.7. The van der Waals surface area contributed by atoms with Crippen LogP contribution in [0.4, 0.5) is 5.69 Å². The number of halogens is 3. The summed E-state index contributed by atoms with van der Waals surface area (Å²) in [6, 6.07) is 24.8. The zero-order valence-electron chi connectivity index (χ0n) is 23.2. The molecule has 0 spiro atoms. The molecule has 0 amide bonds. The number of hydrogen-bond donors (Lipinski definition) is 1. The zero-order valence-corrected chi connectivity index (χ0v) is 25.5. The molecule has 1 unspecified atom stereocenters. The second kappa shape index (κ2) is 12.4. The van der Waals surface area contributed by atoms with Gasteiger partial charge < -0.3 is 4.90 Å². The number of benzene rings is 2. The molecule has 10 heteroatoms. The standard InChI is InChI=1S/C33H24Cl3N7/c1-42(2)31-28(34)14-22(15-29(31)35)21-9-10-26-27(13-21)33(20-39,32(36)30(26)23(16-37)17-38)43(18-24-7-3-5-11-40-24)19-25-8-4-6-12-41-25/h3-15,37H,18-19H2,1-2H3. The van der Waals surface area contributed by atoms with Crippen LogP contribution < -0.4 is 4.90 Å². The van der Waals surface area contributed by atoms with Crippen LogP contribution in [0, 0.1) is 28.1 Å². The fourth-order valence-electron chi connectivity index (χ4n) is 5.37. The summed E-state index contributed by atoms with van der Waals surface area (Å²) in [5, 5.41) is 29.9. The number of hydrogen-bond acceptors (Lipinski definition) is 7. The lowest BCUT2D eigenvalue weighted by molar-refractivity contribution is 0.152. The molecule has 43 heavy (non-hydrogen) atoms. The minimum atomic E-state index is -1.56. The summed E-state index contributed by atoms with van der Waals surface area (Å²) in [5.74, 6) is 2.21. The van der Waals surface area contributed by atoms with Gasteiger partial charge in [-0.25, -0.2) is 0 Å². The van der Waals surface area contributed by atoms with Crippen molar-refractivity contribution in [1.82, 2.24) is 14.9 Å². The molecule has 7 nitrogen and oxygen atoms in total. The number of rotatable bonds is 8. The molecule has 2 heterocycles. The molecular weight excluding hydrogens is 601 g/mol. The highest BCUT2D eigenvalue weighted by Gasteiger charge is 2.51. The Balaban J connectivity index is 1.77. The van der Waals surface area contributed by atoms with Crippen LogP contribution in [0.3, 0.4) is 0 Å². The molecule has 0 fully saturated rings. The average molecular weight is 625 g/mol. The van der Waals surface area contributed by atoms with E-state index in [2.05, 4.69) is 21.9 Å². The first kappa shape index (κ1) is 30.0. The minimum absolute atomic E-state index is 0.0758. The molecule has 1 atom stereocenters. The molecule has 2 aromatic heterocycles. The van der Waals surface area contributed by atoms with Gasteiger partial charge in [0.2, 0.25) is 0 Å². The van der Waals surface area contributed by atoms with Gasteiger partial charge in [-0.1, -0.05) is 59.1 Å². The molecular formula is C33H24Cl3N7. The molecule has 212 valence electrons. The van der Waals surface area contributed by atoms with Gasteiger partial charge >= 0.3 is 0 Å². The van der Waals surface area contributed by atoms with Gasteiger partial charge in [0, 0.05) is 50.7 Å². The van der Waals surface area contributed by atoms with E-state index in [1.165, 1.54) is 0 Å². The highest BCUT2D eigenvalue weighted by molar-refractivity contribution is 6.39. The van der Waals surface area contributed by atoms with Crippen molar-refractivity contribution in [2.24, 2.45) is 0 Å². The molecule has 1 aliphatic rings. The van der Waals surface area contributed by atoms with Crippen LogP contribution in [-0.2, 0) is 18.6 Å². The van der Waals surface area contributed by atoms with Gasteiger partial charge in [0.1, 0.15) is 11.6 Å². The molecule has 0 bridgehead atoms. The van der Waals surface area contributed by atoms with Crippen molar-refractivity contribution in [3.05, 3.63) is 122 Å². The van der Waals surface area contributed by atoms with E-state index < -0.39 is 5.54 Å². The molecule has 0 saturated carbocycles. The van der Waals surface area contributed by atoms with Crippen LogP contribution in [0.1, 0.15) is 22.5 Å². The van der Waals surface area contributed by atoms with Gasteiger partial charge in [-0.2, -0.15) is 10.5 Å². The molecule has 0 aliphatic heterocycles. The maximum absolute atomic E-state index is 11.1. The lowest BCUT2D eigenvalue weighted by Gasteiger charge is -2.37. The highest BCUT2D eigenvalue weighted by atomic mass is 35.5. The van der Waals surface area contributed by atoms with Crippen molar-refractivity contribution in [1.29, 1.82) is 15.9 Å². The predicted molar refractivity (Wildman–Crippen MR) is 171 cm³/mol. The summed E-state index contributed by atoms with van der Waals surface area (Å²) in [7, 11) is 3.72. The molecule has 5 rings (SSSR count). The number of anilines is 1. The van der Waals surface area contributed by atoms with E-state index in [0.29, 0.717) is 38.2 Å². The topological polar surface area (TPSA) is 104 Å². The Morgan fingerprint density at radius 3 is 1.93 bits per heavy atom. The largest absolute Gasteiger partial charge is 0.375 e. The third-order valence-electron chi connectivity index (χ3n) is 7.29. The second-order valence-electron chi connectivity index (χ2n) is 10.1. The Kier molecular flexibility index (Phi) is 8.67. The fourth-order valence-corrected chi connectivity index (χ4v) is 6.65. The number of nitriles is 2. The molecule has 2 aromatic carbocycles. The SMILES string of the molecule is CN(C)c1c(Cl)cc(-c2ccc3c(c2)C(C#N)(N(Cc2ccccn2)Cc2ccccn2)C(Cl)=C3C(=C=N)C#N)cc1Cl. The van der Waals surface area contributed by atoms with Crippen LogP contribution >= 0.6 is 34.8 Å². The normalized spacial score (nSPS) is 15.4. The summed E-state index contributed by atoms with van der Waals surface area (Å²) >= 11 is 20.5. The van der Waals surface area contributed by atoms with Crippen LogP contribution in [0.15, 0.2) is 89.7 Å². The van der Waals surface area contributed by atoms with Crippen molar-refractivity contribution in [3.63, 3.8) is 0 Å². The Bertz CT molecular complexity index is 1800. The minimum Gasteiger partial charge on any atom is -0.375 e. The average Bonchev–Trinajstić information content (AvgIpc) is 3.25. The maximum Gasteiger partial charge on any atom is 0.172 e. The second-order valence-corrected chi connectivity index (χ2v) is 11.3. The highest BCUT2D eigenvalue weighted by Crippen LogP contribution is 2.53. The van der Waals surface area contributed by atoms with Gasteiger partial charge in [0.05, 0.1) is 38.2 Å². The first-order valence-corrected chi connectivity index (χ1v) is 14.3. The Labute approximate surface area is 265 Å². The monoisotopic (exact) mass is 623 g/mol. The Morgan fingerprint density at radius 1 is 0.860 bits per heavy atom. The van der Waals surface area contributed by atoms with Crippen molar-refractivity contribution in [2.45, 2.75) is 18.6 Å². The first-order valence-electron chi connectivity index (χ1n) is 13.1. The third-order valence-corrected chi connectivity index (χ3v) is 8.33. The van der Waals surface area contributed by atoms with Crippen LogP contribution in [0.2, 0.25) is 10.0 Å². The predicted octanol–water partition coefficient (Wildman–Crippen LogP) is 7.60. The molecule has 1 aliphatic carbocycles. The van der Waals surface area contributed by atoms with Gasteiger partial charge in [0.15, 0.2) is 5.54 Å². The smallest absolute Gasteiger partial charge is 0.172 e. The Morgan fingerprint density at radius 2 is 1.47 bits per heavy atom. The summed E-state index contributed by atoms with van der Waals surface area (Å²) in [6.45, 7) is 0.479. The van der Waals surface area contributed by atoms with E-state index in [1.54, 1.807) is 18.5 Å². The fraction of sp³-hybridized carbons (Fsp3) is 0.152. The van der Waals surface area contributed by atoms with Gasteiger partial charge in [0.25, 0.3) is 0 Å². The number of aromatic nitrogens is 2. The summed E-state index contributed by atoms with van der Waals surface area (Å²) < 4.78 is 0. The summed E-state index contributed by atoms with van der Waals surface area (Å²) in [4.78, 5) is 12.7. The van der Waals surface area contributed by atoms with E-state index in [-0.39, 0.29) is 29.3 Å². The summed E-state index contributed by atoms with van der Waals surface area (Å²) in [6.07, 6.45) is 3.38. The van der Waals surface area contributed by atoms with Crippen molar-refractivity contribution in [3.8, 4) is 23.3 Å². The number of pyridine rings is 2. The molecule has 0 radical (unpaired) electrons. The molecule has 0 saturated heterocycles. The van der Waals surface area contributed by atoms with Crippen LogP contribution in [-0.4, -0.2) is 34.8 Å². The van der Waals surface area contributed by atoms with Crippen molar-refractivity contribution in [2.75, 3.05) is 19.0 Å². The van der Waals surface area contributed by atoms with Gasteiger partial charge in [-0.05, 0) is 65.0 Å². The van der Waals surface area contributed by atoms with Crippen LogP contribution in [0.5, 0.6) is 0 Å². The van der Waals surface area contributed by atoms with E-state index in [0.717, 1.165) is 11.1 Å². The van der Waals surface area contributed by atoms with E-state index >= 15 is 0 Å².